The number of aromatic hydroxyl groups is 1. The molecule has 1 aromatic heterocycles. The largest absolute Gasteiger partial charge is 0.506 e. The number of halogens is 3. The highest BCUT2D eigenvalue weighted by atomic mass is 35.5. The average Bonchev–Trinajstić information content (AvgIpc) is 3.20. The number of carbonyl (C=O) groups excluding carboxylic acids is 1. The fourth-order valence-corrected chi connectivity index (χ4v) is 7.54. The standard InChI is InChI=1S/C43H48ClN5O8.2ClH/c1-48(19-18-26-8-13-31(27-6-4-3-5-7-27)35(20-26)49(43(54)55)30-11-9-29(45)10-12-30)41(53)25-57-39-22-38(56-2)28(21-34(39)44)23-46-24-37(51)32-14-16-36(50)42-33(32)15-17-40(52)47-42;;/h3-8,13-17,20-22,29-30,37,46,50-51H,9-12,18-19,23-25,45H2,1-2H3,(H,47,52)(H,54,55);2*1H/t29-,30-,37-;;/m0../s1. The summed E-state index contributed by atoms with van der Waals surface area (Å²) in [6, 6.07) is 24.7. The second-order valence-electron chi connectivity index (χ2n) is 14.3. The number of anilines is 1. The number of carbonyl (C=O) groups is 2. The highest BCUT2D eigenvalue weighted by molar-refractivity contribution is 6.32. The summed E-state index contributed by atoms with van der Waals surface area (Å²) in [7, 11) is 3.19. The van der Waals surface area contributed by atoms with E-state index in [1.807, 2.05) is 48.5 Å². The van der Waals surface area contributed by atoms with E-state index in [2.05, 4.69) is 10.3 Å². The lowest BCUT2D eigenvalue weighted by molar-refractivity contribution is -0.132. The van der Waals surface area contributed by atoms with Crippen molar-refractivity contribution in [1.82, 2.24) is 15.2 Å². The van der Waals surface area contributed by atoms with E-state index < -0.39 is 12.2 Å². The lowest BCUT2D eigenvalue weighted by atomic mass is 9.89. The van der Waals surface area contributed by atoms with Crippen LogP contribution in [0.1, 0.15) is 48.5 Å². The van der Waals surface area contributed by atoms with Crippen LogP contribution in [-0.2, 0) is 17.8 Å². The Morgan fingerprint density at radius 2 is 1.71 bits per heavy atom. The number of fused-ring (bicyclic) bond motifs is 1. The molecule has 1 heterocycles. The summed E-state index contributed by atoms with van der Waals surface area (Å²) >= 11 is 6.59. The summed E-state index contributed by atoms with van der Waals surface area (Å²) < 4.78 is 11.4. The normalized spacial score (nSPS) is 15.3. The monoisotopic (exact) mass is 869 g/mol. The number of H-pyrrole nitrogens is 1. The summed E-state index contributed by atoms with van der Waals surface area (Å²) in [6.07, 6.45) is 1.43. The second-order valence-corrected chi connectivity index (χ2v) is 14.7. The van der Waals surface area contributed by atoms with Crippen molar-refractivity contribution in [1.29, 1.82) is 0 Å². The minimum atomic E-state index is -1.01. The van der Waals surface area contributed by atoms with E-state index in [0.29, 0.717) is 53.8 Å². The van der Waals surface area contributed by atoms with Crippen LogP contribution in [-0.4, -0.2) is 83.1 Å². The van der Waals surface area contributed by atoms with Gasteiger partial charge in [-0.25, -0.2) is 4.79 Å². The molecule has 1 fully saturated rings. The Balaban J connectivity index is 0.00000384. The number of amides is 2. The fraction of sp³-hybridized carbons (Fsp3) is 0.326. The Hall–Kier alpha value is -5.02. The van der Waals surface area contributed by atoms with Crippen molar-refractivity contribution in [2.75, 3.05) is 38.8 Å². The number of phenols is 1. The van der Waals surface area contributed by atoms with Gasteiger partial charge >= 0.3 is 6.09 Å². The van der Waals surface area contributed by atoms with Crippen LogP contribution in [0, 0.1) is 0 Å². The Bertz CT molecular complexity index is 2270. The zero-order valence-corrected chi connectivity index (χ0v) is 35.1. The molecule has 0 aliphatic heterocycles. The van der Waals surface area contributed by atoms with Gasteiger partial charge in [-0.15, -0.1) is 24.8 Å². The molecule has 0 radical (unpaired) electrons. The molecule has 4 aromatic carbocycles. The number of phenolic OH excluding ortho intramolecular Hbond substituents is 1. The molecular weight excluding hydrogens is 821 g/mol. The first-order valence-electron chi connectivity index (χ1n) is 18.9. The maximum Gasteiger partial charge on any atom is 0.412 e. The maximum atomic E-state index is 13.2. The number of rotatable bonds is 15. The lowest BCUT2D eigenvalue weighted by Crippen LogP contribution is -2.44. The van der Waals surface area contributed by atoms with Crippen molar-refractivity contribution in [3.8, 4) is 28.4 Å². The predicted molar refractivity (Wildman–Crippen MR) is 235 cm³/mol. The van der Waals surface area contributed by atoms with Gasteiger partial charge in [0.1, 0.15) is 17.2 Å². The molecule has 7 N–H and O–H groups in total. The van der Waals surface area contributed by atoms with Gasteiger partial charge in [-0.3, -0.25) is 14.5 Å². The zero-order valence-electron chi connectivity index (χ0n) is 32.7. The number of hydrogen-bond acceptors (Lipinski definition) is 9. The molecular formula is C43H50Cl3N5O8. The Labute approximate surface area is 359 Å². The molecule has 316 valence electrons. The molecule has 0 unspecified atom stereocenters. The van der Waals surface area contributed by atoms with Crippen LogP contribution in [0.4, 0.5) is 10.5 Å². The number of nitrogens with one attached hydrogen (secondary N) is 2. The van der Waals surface area contributed by atoms with Crippen molar-refractivity contribution >= 4 is 65.0 Å². The van der Waals surface area contributed by atoms with Crippen LogP contribution in [0.25, 0.3) is 22.0 Å². The van der Waals surface area contributed by atoms with Crippen molar-refractivity contribution in [3.63, 3.8) is 0 Å². The number of aliphatic hydroxyl groups excluding tert-OH is 1. The van der Waals surface area contributed by atoms with Crippen molar-refractivity contribution in [2.24, 2.45) is 5.73 Å². The van der Waals surface area contributed by atoms with E-state index in [0.717, 1.165) is 29.5 Å². The van der Waals surface area contributed by atoms with Crippen molar-refractivity contribution < 1.29 is 34.4 Å². The number of hydrogen-bond donors (Lipinski definition) is 6. The van der Waals surface area contributed by atoms with Gasteiger partial charge in [0.05, 0.1) is 29.4 Å². The fourth-order valence-electron chi connectivity index (χ4n) is 7.30. The SMILES string of the molecule is COc1cc(OCC(=O)N(C)CCc2ccc(-c3ccccc3)c(N(C(=O)O)[C@H]3CC[C@H](N)CC3)c2)c(Cl)cc1CNC[C@H](O)c1ccc(O)c2[nH]c(=O)ccc12.Cl.Cl. The first-order chi connectivity index (χ1) is 27.4. The third kappa shape index (κ3) is 11.4. The van der Waals surface area contributed by atoms with Crippen LogP contribution in [0.2, 0.25) is 5.02 Å². The number of nitrogens with two attached hydrogens (primary N) is 1. The molecule has 0 bridgehead atoms. The number of ether oxygens (including phenoxy) is 2. The minimum absolute atomic E-state index is 0. The van der Waals surface area contributed by atoms with Crippen LogP contribution >= 0.6 is 36.4 Å². The average molecular weight is 871 g/mol. The number of nitrogens with zero attached hydrogens (tertiary/aromatic N) is 2. The van der Waals surface area contributed by atoms with E-state index in [1.165, 1.54) is 24.1 Å². The topological polar surface area (TPSA) is 191 Å². The third-order valence-electron chi connectivity index (χ3n) is 10.5. The Morgan fingerprint density at radius 3 is 2.41 bits per heavy atom. The van der Waals surface area contributed by atoms with Gasteiger partial charge in [0.15, 0.2) is 6.61 Å². The maximum absolute atomic E-state index is 13.2. The van der Waals surface area contributed by atoms with E-state index in [9.17, 15) is 29.7 Å². The molecule has 0 spiro atoms. The van der Waals surface area contributed by atoms with Gasteiger partial charge in [-0.1, -0.05) is 60.1 Å². The first-order valence-corrected chi connectivity index (χ1v) is 19.2. The summed E-state index contributed by atoms with van der Waals surface area (Å²) in [5.74, 6) is 0.364. The van der Waals surface area contributed by atoms with Gasteiger partial charge in [-0.2, -0.15) is 0 Å². The molecule has 13 nitrogen and oxygen atoms in total. The molecule has 5 aromatic rings. The molecule has 2 amide bonds. The summed E-state index contributed by atoms with van der Waals surface area (Å²) in [5.41, 5.74) is 10.5. The van der Waals surface area contributed by atoms with E-state index in [1.54, 1.807) is 36.2 Å². The highest BCUT2D eigenvalue weighted by Crippen LogP contribution is 2.37. The van der Waals surface area contributed by atoms with E-state index >= 15 is 0 Å². The number of aliphatic hydroxyl groups is 1. The van der Waals surface area contributed by atoms with Crippen molar-refractivity contribution in [2.45, 2.75) is 56.8 Å². The molecule has 16 heteroatoms. The minimum Gasteiger partial charge on any atom is -0.506 e. The van der Waals surface area contributed by atoms with Crippen molar-refractivity contribution in [3.05, 3.63) is 117 Å². The highest BCUT2D eigenvalue weighted by Gasteiger charge is 2.31. The van der Waals surface area contributed by atoms with Gasteiger partial charge in [-0.05, 0) is 73.1 Å². The number of carboxylic acid groups (broad SMARTS) is 1. The van der Waals surface area contributed by atoms with Crippen LogP contribution in [0.15, 0.2) is 89.7 Å². The number of aromatic nitrogens is 1. The van der Waals surface area contributed by atoms with Crippen LogP contribution < -0.4 is 31.0 Å². The number of pyridine rings is 1. The van der Waals surface area contributed by atoms with Crippen LogP contribution in [0.3, 0.4) is 0 Å². The van der Waals surface area contributed by atoms with E-state index in [-0.39, 0.29) is 90.1 Å². The number of aromatic amines is 1. The Kier molecular flexibility index (Phi) is 16.8. The van der Waals surface area contributed by atoms with Gasteiger partial charge in [0.2, 0.25) is 5.56 Å². The summed E-state index contributed by atoms with van der Waals surface area (Å²) in [4.78, 5) is 43.4. The first kappa shape index (κ1) is 46.7. The smallest absolute Gasteiger partial charge is 0.412 e. The Morgan fingerprint density at radius 1 is 0.983 bits per heavy atom. The lowest BCUT2D eigenvalue weighted by Gasteiger charge is -2.35. The molecule has 6 rings (SSSR count). The molecule has 1 aliphatic rings. The summed E-state index contributed by atoms with van der Waals surface area (Å²) in [6.45, 7) is 0.513. The molecule has 0 saturated heterocycles. The third-order valence-corrected chi connectivity index (χ3v) is 10.8. The zero-order chi connectivity index (χ0) is 40.6. The van der Waals surface area contributed by atoms with Crippen LogP contribution in [0.5, 0.6) is 17.2 Å². The number of benzene rings is 4. The van der Waals surface area contributed by atoms with E-state index in [4.69, 9.17) is 26.8 Å². The summed E-state index contributed by atoms with van der Waals surface area (Å²) in [5, 5.41) is 35.5. The molecule has 1 atom stereocenters. The molecule has 1 saturated carbocycles. The molecule has 1 aliphatic carbocycles. The predicted octanol–water partition coefficient (Wildman–Crippen LogP) is 7.06. The molecule has 59 heavy (non-hydrogen) atoms. The number of likely N-dealkylation sites (N-methyl/N-ethyl adjacent to an activating group) is 1. The number of methoxy groups -OCH3 is 1. The van der Waals surface area contributed by atoms with Gasteiger partial charge < -0.3 is 45.7 Å². The van der Waals surface area contributed by atoms with Gasteiger partial charge in [0, 0.05) is 67.4 Å². The second kappa shape index (κ2) is 21.3. The quantitative estimate of drug-likeness (QED) is 0.0635. The van der Waals surface area contributed by atoms with Gasteiger partial charge in [0.25, 0.3) is 5.91 Å².